The number of hydrogen-bond donors (Lipinski definition) is 1. The highest BCUT2D eigenvalue weighted by Gasteiger charge is 2.33. The lowest BCUT2D eigenvalue weighted by atomic mass is 9.89. The second kappa shape index (κ2) is 7.68. The average Bonchev–Trinajstić information content (AvgIpc) is 3.48. The summed E-state index contributed by atoms with van der Waals surface area (Å²) in [4.78, 5) is 23.2. The Kier molecular flexibility index (Phi) is 4.69. The number of anilines is 1. The first kappa shape index (κ1) is 21.4. The summed E-state index contributed by atoms with van der Waals surface area (Å²) in [6.07, 6.45) is 3.13. The van der Waals surface area contributed by atoms with E-state index in [1.54, 1.807) is 24.0 Å². The summed E-state index contributed by atoms with van der Waals surface area (Å²) in [6, 6.07) is 8.07. The molecule has 176 valence electrons. The first-order valence-corrected chi connectivity index (χ1v) is 11.2. The Bertz CT molecular complexity index is 1580. The fraction of sp³-hybridized carbons (Fsp3) is 0.269. The molecule has 1 amide bonds. The smallest absolute Gasteiger partial charge is 0.257 e. The molecule has 1 atom stereocenters. The highest BCUT2D eigenvalue weighted by molar-refractivity contribution is 5.98. The number of aromatic nitrogens is 3. The summed E-state index contributed by atoms with van der Waals surface area (Å²) < 4.78 is 27.9. The Morgan fingerprint density at radius 2 is 2.11 bits per heavy atom. The van der Waals surface area contributed by atoms with E-state index in [9.17, 15) is 4.79 Å². The van der Waals surface area contributed by atoms with E-state index in [0.29, 0.717) is 35.5 Å². The molecule has 0 unspecified atom stereocenters. The van der Waals surface area contributed by atoms with Crippen LogP contribution in [0.25, 0.3) is 16.6 Å². The van der Waals surface area contributed by atoms with Crippen molar-refractivity contribution < 1.29 is 18.7 Å². The van der Waals surface area contributed by atoms with Crippen molar-refractivity contribution in [3.8, 4) is 17.6 Å². The van der Waals surface area contributed by atoms with Gasteiger partial charge in [0.2, 0.25) is 0 Å². The molecule has 0 spiro atoms. The zero-order chi connectivity index (χ0) is 24.3. The lowest BCUT2D eigenvalue weighted by Crippen LogP contribution is -2.38. The first-order valence-electron chi connectivity index (χ1n) is 11.2. The van der Waals surface area contributed by atoms with Crippen LogP contribution in [0.15, 0.2) is 42.9 Å². The molecule has 2 aromatic carbocycles. The summed E-state index contributed by atoms with van der Waals surface area (Å²) in [5, 5.41) is 0. The molecule has 0 saturated carbocycles. The van der Waals surface area contributed by atoms with Gasteiger partial charge in [-0.25, -0.2) is 14.4 Å². The van der Waals surface area contributed by atoms with E-state index < -0.39 is 11.7 Å². The van der Waals surface area contributed by atoms with Crippen LogP contribution in [0.2, 0.25) is 0 Å². The van der Waals surface area contributed by atoms with Crippen LogP contribution in [0.5, 0.6) is 5.75 Å². The van der Waals surface area contributed by atoms with Gasteiger partial charge in [-0.1, -0.05) is 17.9 Å². The second-order valence-corrected chi connectivity index (χ2v) is 9.27. The zero-order valence-electron chi connectivity index (χ0n) is 19.2. The van der Waals surface area contributed by atoms with Crippen molar-refractivity contribution in [3.63, 3.8) is 0 Å². The van der Waals surface area contributed by atoms with Gasteiger partial charge in [-0.3, -0.25) is 9.20 Å². The number of nitrogens with zero attached hydrogens (tertiary/aromatic N) is 4. The third-order valence-corrected chi connectivity index (χ3v) is 6.60. The summed E-state index contributed by atoms with van der Waals surface area (Å²) in [6.45, 7) is 3.62. The van der Waals surface area contributed by atoms with E-state index in [1.807, 2.05) is 18.2 Å². The summed E-state index contributed by atoms with van der Waals surface area (Å²) in [5.74, 6) is 6.23. The molecule has 0 bridgehead atoms. The second-order valence-electron chi connectivity index (χ2n) is 9.27. The third kappa shape index (κ3) is 3.45. The maximum Gasteiger partial charge on any atom is 0.257 e. The standard InChI is InChI=1S/C26H22FN5O3/c1-26(12-34-13-26)6-5-15-3-4-16-22(11-35-23(16)7-15)31(2)25(33)17-8-20-19(9-18(17)27)30-24(28)21-10-29-14-32(20)21/h3-4,7-10,14,22H,11-13H2,1-2H3,(H2,28,30)/t22-/m1/s1. The Labute approximate surface area is 200 Å². The van der Waals surface area contributed by atoms with Gasteiger partial charge in [0.15, 0.2) is 0 Å². The molecular formula is C26H22FN5O3. The normalized spacial score (nSPS) is 17.9. The lowest BCUT2D eigenvalue weighted by Gasteiger charge is -2.32. The topological polar surface area (TPSA) is 95.0 Å². The fourth-order valence-electron chi connectivity index (χ4n) is 4.49. The minimum Gasteiger partial charge on any atom is -0.491 e. The van der Waals surface area contributed by atoms with Gasteiger partial charge in [-0.15, -0.1) is 0 Å². The fourth-order valence-corrected chi connectivity index (χ4v) is 4.49. The molecule has 35 heavy (non-hydrogen) atoms. The first-order chi connectivity index (χ1) is 16.8. The maximum absolute atomic E-state index is 15.0. The SMILES string of the molecule is CN(C(=O)c1cc2c(cc1F)nc(N)c1cncn12)[C@@H]1COc2cc(C#CC3(C)COC3)ccc21. The maximum atomic E-state index is 15.0. The van der Waals surface area contributed by atoms with Crippen molar-refractivity contribution in [3.05, 3.63) is 65.4 Å². The quantitative estimate of drug-likeness (QED) is 0.451. The van der Waals surface area contributed by atoms with E-state index in [2.05, 4.69) is 28.7 Å². The van der Waals surface area contributed by atoms with Crippen LogP contribution in [0.4, 0.5) is 10.2 Å². The predicted octanol–water partition coefficient (Wildman–Crippen LogP) is 3.20. The van der Waals surface area contributed by atoms with Crippen molar-refractivity contribution in [1.82, 2.24) is 19.3 Å². The zero-order valence-corrected chi connectivity index (χ0v) is 19.2. The number of nitrogens with two attached hydrogens (primary N) is 1. The molecule has 9 heteroatoms. The molecule has 2 N–H and O–H groups in total. The number of benzene rings is 2. The van der Waals surface area contributed by atoms with Gasteiger partial charge >= 0.3 is 0 Å². The van der Waals surface area contributed by atoms with Crippen molar-refractivity contribution in [2.45, 2.75) is 13.0 Å². The Morgan fingerprint density at radius 1 is 1.29 bits per heavy atom. The molecular weight excluding hydrogens is 449 g/mol. The largest absolute Gasteiger partial charge is 0.491 e. The molecule has 2 aliphatic heterocycles. The van der Waals surface area contributed by atoms with Gasteiger partial charge in [0, 0.05) is 24.2 Å². The van der Waals surface area contributed by atoms with E-state index in [-0.39, 0.29) is 29.4 Å². The lowest BCUT2D eigenvalue weighted by molar-refractivity contribution is -0.0648. The highest BCUT2D eigenvalue weighted by atomic mass is 19.1. The number of likely N-dealkylation sites (N-methyl/N-ethyl adjacent to an activating group) is 1. The highest BCUT2D eigenvalue weighted by Crippen LogP contribution is 2.37. The monoisotopic (exact) mass is 471 g/mol. The van der Waals surface area contributed by atoms with Gasteiger partial charge in [-0.05, 0) is 25.1 Å². The minimum absolute atomic E-state index is 0.0616. The van der Waals surface area contributed by atoms with E-state index >= 15 is 4.39 Å². The summed E-state index contributed by atoms with van der Waals surface area (Å²) in [7, 11) is 1.65. The molecule has 6 rings (SSSR count). The number of rotatable bonds is 2. The van der Waals surface area contributed by atoms with Gasteiger partial charge in [0.1, 0.15) is 29.5 Å². The molecule has 4 aromatic rings. The van der Waals surface area contributed by atoms with Crippen molar-refractivity contribution in [2.24, 2.45) is 5.41 Å². The Balaban J connectivity index is 1.31. The Hall–Kier alpha value is -4.16. The van der Waals surface area contributed by atoms with Crippen LogP contribution in [-0.2, 0) is 4.74 Å². The number of fused-ring (bicyclic) bond motifs is 4. The Morgan fingerprint density at radius 3 is 2.89 bits per heavy atom. The summed E-state index contributed by atoms with van der Waals surface area (Å²) >= 11 is 0. The van der Waals surface area contributed by atoms with Gasteiger partial charge in [-0.2, -0.15) is 0 Å². The molecule has 0 radical (unpaired) electrons. The molecule has 1 saturated heterocycles. The minimum atomic E-state index is -0.668. The average molecular weight is 471 g/mol. The number of amides is 1. The van der Waals surface area contributed by atoms with Gasteiger partial charge in [0.25, 0.3) is 5.91 Å². The molecule has 1 fully saturated rings. The van der Waals surface area contributed by atoms with E-state index in [1.165, 1.54) is 17.0 Å². The molecule has 0 aliphatic carbocycles. The number of carbonyl (C=O) groups excluding carboxylic acids is 1. The molecule has 2 aromatic heterocycles. The van der Waals surface area contributed by atoms with Crippen molar-refractivity contribution in [2.75, 3.05) is 32.6 Å². The number of imidazole rings is 1. The van der Waals surface area contributed by atoms with Crippen LogP contribution < -0.4 is 10.5 Å². The number of hydrogen-bond acceptors (Lipinski definition) is 6. The number of carbonyl (C=O) groups is 1. The van der Waals surface area contributed by atoms with Crippen LogP contribution in [0.3, 0.4) is 0 Å². The number of halogens is 1. The molecule has 8 nitrogen and oxygen atoms in total. The summed E-state index contributed by atoms with van der Waals surface area (Å²) in [5.41, 5.74) is 8.95. The van der Waals surface area contributed by atoms with Crippen LogP contribution in [0, 0.1) is 23.1 Å². The van der Waals surface area contributed by atoms with Crippen LogP contribution in [0.1, 0.15) is 34.5 Å². The van der Waals surface area contributed by atoms with E-state index in [4.69, 9.17) is 15.2 Å². The number of nitrogen functional groups attached to an aromatic ring is 1. The van der Waals surface area contributed by atoms with Crippen LogP contribution >= 0.6 is 0 Å². The predicted molar refractivity (Wildman–Crippen MR) is 127 cm³/mol. The molecule has 2 aliphatic rings. The third-order valence-electron chi connectivity index (χ3n) is 6.60. The molecule has 4 heterocycles. The van der Waals surface area contributed by atoms with Gasteiger partial charge in [0.05, 0.1) is 53.8 Å². The number of ether oxygens (including phenoxy) is 2. The van der Waals surface area contributed by atoms with E-state index in [0.717, 1.165) is 11.1 Å². The van der Waals surface area contributed by atoms with Crippen molar-refractivity contribution >= 4 is 28.3 Å². The van der Waals surface area contributed by atoms with Crippen molar-refractivity contribution in [1.29, 1.82) is 0 Å². The van der Waals surface area contributed by atoms with Gasteiger partial charge < -0.3 is 20.1 Å². The van der Waals surface area contributed by atoms with Crippen LogP contribution in [-0.4, -0.2) is 52.0 Å².